The van der Waals surface area contributed by atoms with Crippen molar-refractivity contribution in [3.8, 4) is 11.4 Å². The minimum Gasteiger partial charge on any atom is -0.495 e. The van der Waals surface area contributed by atoms with E-state index < -0.39 is 0 Å². The van der Waals surface area contributed by atoms with Gasteiger partial charge in [0.1, 0.15) is 5.75 Å². The van der Waals surface area contributed by atoms with Gasteiger partial charge in [-0.25, -0.2) is 9.25 Å². The van der Waals surface area contributed by atoms with Crippen LogP contribution in [0.2, 0.25) is 0 Å². The molecule has 2 aromatic carbocycles. The average molecular weight is 422 g/mol. The molecule has 0 saturated carbocycles. The van der Waals surface area contributed by atoms with Gasteiger partial charge in [0.25, 0.3) is 5.56 Å². The van der Waals surface area contributed by atoms with Crippen molar-refractivity contribution >= 4 is 28.9 Å². The molecule has 0 spiro atoms. The monoisotopic (exact) mass is 421 g/mol. The number of hydrogen-bond donors (Lipinski definition) is 0. The molecule has 30 heavy (non-hydrogen) atoms. The van der Waals surface area contributed by atoms with E-state index in [0.29, 0.717) is 34.0 Å². The van der Waals surface area contributed by atoms with E-state index in [2.05, 4.69) is 4.90 Å². The lowest BCUT2D eigenvalue weighted by molar-refractivity contribution is 0.254. The van der Waals surface area contributed by atoms with Gasteiger partial charge in [-0.1, -0.05) is 18.2 Å². The van der Waals surface area contributed by atoms with Crippen molar-refractivity contribution in [1.29, 1.82) is 0 Å². The van der Waals surface area contributed by atoms with Crippen molar-refractivity contribution in [1.82, 2.24) is 23.6 Å². The van der Waals surface area contributed by atoms with E-state index in [4.69, 9.17) is 22.1 Å². The number of aryl methyl sites for hydroxylation is 1. The molecule has 0 N–H and O–H groups in total. The Hall–Kier alpha value is -2.97. The first-order valence-electron chi connectivity index (χ1n) is 10.1. The molecule has 2 aromatic heterocycles. The van der Waals surface area contributed by atoms with Crippen molar-refractivity contribution in [2.45, 2.75) is 26.4 Å². The maximum atomic E-state index is 13.6. The molecule has 0 atom stereocenters. The van der Waals surface area contributed by atoms with Crippen molar-refractivity contribution in [3.05, 3.63) is 63.2 Å². The van der Waals surface area contributed by atoms with Crippen LogP contribution in [-0.2, 0) is 6.67 Å². The lowest BCUT2D eigenvalue weighted by Gasteiger charge is -2.14. The van der Waals surface area contributed by atoms with Crippen LogP contribution >= 0.6 is 12.2 Å². The number of hydrogen-bond acceptors (Lipinski definition) is 5. The molecule has 0 aliphatic carbocycles. The zero-order valence-electron chi connectivity index (χ0n) is 17.0. The Kier molecular flexibility index (Phi) is 4.67. The minimum absolute atomic E-state index is 0.143. The van der Waals surface area contributed by atoms with Crippen molar-refractivity contribution in [2.75, 3.05) is 20.2 Å². The number of rotatable bonds is 4. The SMILES string of the molecule is COc1ccc(C)cc1-n1c(=O)c2ccccc2n2c(=S)n(CN3CCCC3)nc12. The second kappa shape index (κ2) is 7.37. The fourth-order valence-corrected chi connectivity index (χ4v) is 4.49. The van der Waals surface area contributed by atoms with Crippen molar-refractivity contribution in [3.63, 3.8) is 0 Å². The first-order valence-corrected chi connectivity index (χ1v) is 10.5. The van der Waals surface area contributed by atoms with Gasteiger partial charge < -0.3 is 4.74 Å². The number of para-hydroxylation sites is 1. The summed E-state index contributed by atoms with van der Waals surface area (Å²) in [5.41, 5.74) is 2.30. The molecule has 0 amide bonds. The molecule has 8 heteroatoms. The summed E-state index contributed by atoms with van der Waals surface area (Å²) in [6.45, 7) is 4.68. The van der Waals surface area contributed by atoms with Crippen LogP contribution < -0.4 is 10.3 Å². The Morgan fingerprint density at radius 3 is 2.67 bits per heavy atom. The van der Waals surface area contributed by atoms with E-state index in [9.17, 15) is 4.79 Å². The van der Waals surface area contributed by atoms with E-state index in [1.54, 1.807) is 11.7 Å². The first-order chi connectivity index (χ1) is 14.6. The molecule has 1 fully saturated rings. The molecule has 1 aliphatic rings. The third-order valence-corrected chi connectivity index (χ3v) is 6.10. The molecule has 1 aliphatic heterocycles. The molecule has 1 saturated heterocycles. The van der Waals surface area contributed by atoms with Crippen LogP contribution in [0.4, 0.5) is 0 Å². The maximum absolute atomic E-state index is 13.6. The number of methoxy groups -OCH3 is 1. The molecule has 0 bridgehead atoms. The van der Waals surface area contributed by atoms with Crippen LogP contribution in [0.1, 0.15) is 18.4 Å². The fourth-order valence-electron chi connectivity index (χ4n) is 4.21. The highest BCUT2D eigenvalue weighted by molar-refractivity contribution is 7.71. The zero-order valence-corrected chi connectivity index (χ0v) is 17.9. The topological polar surface area (TPSA) is 56.7 Å². The number of benzene rings is 2. The van der Waals surface area contributed by atoms with Crippen LogP contribution in [0.15, 0.2) is 47.3 Å². The van der Waals surface area contributed by atoms with Crippen LogP contribution in [0.3, 0.4) is 0 Å². The summed E-state index contributed by atoms with van der Waals surface area (Å²) in [5, 5.41) is 5.40. The van der Waals surface area contributed by atoms with Gasteiger partial charge in [-0.05, 0) is 74.9 Å². The molecule has 7 nitrogen and oxygen atoms in total. The summed E-state index contributed by atoms with van der Waals surface area (Å²) in [7, 11) is 1.61. The molecule has 5 rings (SSSR count). The molecule has 3 heterocycles. The van der Waals surface area contributed by atoms with E-state index >= 15 is 0 Å². The van der Waals surface area contributed by atoms with E-state index in [1.165, 1.54) is 12.8 Å². The Morgan fingerprint density at radius 2 is 1.90 bits per heavy atom. The molecule has 0 radical (unpaired) electrons. The number of ether oxygens (including phenoxy) is 1. The summed E-state index contributed by atoms with van der Waals surface area (Å²) >= 11 is 5.82. The fraction of sp³-hybridized carbons (Fsp3) is 0.318. The van der Waals surface area contributed by atoms with Gasteiger partial charge in [-0.2, -0.15) is 0 Å². The standard InChI is InChI=1S/C22H23N5O2S/c1-15-9-10-19(29-2)18(13-15)26-20(28)16-7-3-4-8-17(16)27-21(26)23-25(22(27)30)14-24-11-5-6-12-24/h3-4,7-10,13H,5-6,11-12,14H2,1-2H3. The van der Waals surface area contributed by atoms with Gasteiger partial charge in [0.2, 0.25) is 10.5 Å². The Morgan fingerprint density at radius 1 is 1.13 bits per heavy atom. The lowest BCUT2D eigenvalue weighted by atomic mass is 10.2. The third-order valence-electron chi connectivity index (χ3n) is 5.71. The average Bonchev–Trinajstić information content (AvgIpc) is 3.37. The molecule has 4 aromatic rings. The van der Waals surface area contributed by atoms with Gasteiger partial charge in [-0.15, -0.1) is 5.10 Å². The number of fused-ring (bicyclic) bond motifs is 3. The van der Waals surface area contributed by atoms with Gasteiger partial charge in [-0.3, -0.25) is 14.1 Å². The summed E-state index contributed by atoms with van der Waals surface area (Å²) < 4.78 is 11.5. The highest BCUT2D eigenvalue weighted by Gasteiger charge is 2.20. The lowest BCUT2D eigenvalue weighted by Crippen LogP contribution is -2.24. The van der Waals surface area contributed by atoms with Crippen LogP contribution in [0.5, 0.6) is 5.75 Å². The van der Waals surface area contributed by atoms with E-state index in [1.807, 2.05) is 58.5 Å². The van der Waals surface area contributed by atoms with Crippen molar-refractivity contribution in [2.24, 2.45) is 0 Å². The van der Waals surface area contributed by atoms with Crippen molar-refractivity contribution < 1.29 is 4.74 Å². The maximum Gasteiger partial charge on any atom is 0.267 e. The van der Waals surface area contributed by atoms with Gasteiger partial charge >= 0.3 is 0 Å². The predicted molar refractivity (Wildman–Crippen MR) is 119 cm³/mol. The van der Waals surface area contributed by atoms with E-state index in [0.717, 1.165) is 24.2 Å². The minimum atomic E-state index is -0.143. The smallest absolute Gasteiger partial charge is 0.267 e. The predicted octanol–water partition coefficient (Wildman–Crippen LogP) is 3.54. The highest BCUT2D eigenvalue weighted by Crippen LogP contribution is 2.26. The summed E-state index contributed by atoms with van der Waals surface area (Å²) in [6.07, 6.45) is 2.38. The van der Waals surface area contributed by atoms with E-state index in [-0.39, 0.29) is 5.56 Å². The Labute approximate surface area is 178 Å². The van der Waals surface area contributed by atoms with Crippen LogP contribution in [-0.4, -0.2) is 43.8 Å². The second-order valence-corrected chi connectivity index (χ2v) is 8.08. The highest BCUT2D eigenvalue weighted by atomic mass is 32.1. The molecule has 0 unspecified atom stereocenters. The number of likely N-dealkylation sites (tertiary alicyclic amines) is 1. The van der Waals surface area contributed by atoms with Gasteiger partial charge in [0.05, 0.1) is 30.4 Å². The largest absolute Gasteiger partial charge is 0.495 e. The number of aromatic nitrogens is 4. The first kappa shape index (κ1) is 19.0. The number of nitrogens with zero attached hydrogens (tertiary/aromatic N) is 5. The molecular weight excluding hydrogens is 398 g/mol. The molecule has 154 valence electrons. The second-order valence-electron chi connectivity index (χ2n) is 7.72. The summed E-state index contributed by atoms with van der Waals surface area (Å²) in [5.74, 6) is 1.10. The molecular formula is C22H23N5O2S. The summed E-state index contributed by atoms with van der Waals surface area (Å²) in [6, 6.07) is 13.3. The third kappa shape index (κ3) is 2.95. The Balaban J connectivity index is 1.88. The zero-order chi connectivity index (χ0) is 20.8. The van der Waals surface area contributed by atoms with Crippen LogP contribution in [0.25, 0.3) is 22.4 Å². The van der Waals surface area contributed by atoms with Gasteiger partial charge in [0.15, 0.2) is 0 Å². The normalized spacial score (nSPS) is 14.7. The van der Waals surface area contributed by atoms with Crippen LogP contribution in [0, 0.1) is 11.7 Å². The Bertz CT molecular complexity index is 1380. The summed E-state index contributed by atoms with van der Waals surface area (Å²) in [4.78, 5) is 15.9. The quantitative estimate of drug-likeness (QED) is 0.472. The van der Waals surface area contributed by atoms with Gasteiger partial charge in [0, 0.05) is 0 Å².